The summed E-state index contributed by atoms with van der Waals surface area (Å²) in [6.07, 6.45) is 3.89. The van der Waals surface area contributed by atoms with Crippen molar-refractivity contribution in [1.82, 2.24) is 9.97 Å². The molecule has 0 atom stereocenters. The minimum absolute atomic E-state index is 0.578. The van der Waals surface area contributed by atoms with Gasteiger partial charge in [-0.2, -0.15) is 0 Å². The van der Waals surface area contributed by atoms with Crippen molar-refractivity contribution in [3.63, 3.8) is 0 Å². The molecule has 0 bridgehead atoms. The van der Waals surface area contributed by atoms with Crippen molar-refractivity contribution < 1.29 is 14.2 Å². The van der Waals surface area contributed by atoms with Gasteiger partial charge in [0.05, 0.1) is 44.1 Å². The van der Waals surface area contributed by atoms with Crippen LogP contribution in [0.4, 0.5) is 0 Å². The van der Waals surface area contributed by atoms with Crippen molar-refractivity contribution >= 4 is 12.2 Å². The van der Waals surface area contributed by atoms with E-state index in [1.165, 1.54) is 0 Å². The van der Waals surface area contributed by atoms with Gasteiger partial charge < -0.3 is 14.2 Å². The summed E-state index contributed by atoms with van der Waals surface area (Å²) in [6, 6.07) is 3.78. The highest BCUT2D eigenvalue weighted by atomic mass is 16.5. The third kappa shape index (κ3) is 3.62. The summed E-state index contributed by atoms with van der Waals surface area (Å²) in [5.74, 6) is 1.82. The Morgan fingerprint density at radius 1 is 0.739 bits per heavy atom. The number of hydrogen-bond acceptors (Lipinski definition) is 5. The lowest BCUT2D eigenvalue weighted by Crippen LogP contribution is -1.98. The van der Waals surface area contributed by atoms with Crippen molar-refractivity contribution in [1.29, 1.82) is 0 Å². The Balaban J connectivity index is 2.42. The van der Waals surface area contributed by atoms with Crippen molar-refractivity contribution in [2.45, 2.75) is 20.8 Å². The predicted molar refractivity (Wildman–Crippen MR) is 91.3 cm³/mol. The quantitative estimate of drug-likeness (QED) is 0.844. The summed E-state index contributed by atoms with van der Waals surface area (Å²) in [4.78, 5) is 9.07. The standard InChI is InChI=1S/C18H22N2O3/c1-11-12(2)20-15(13(3)19-11)8-7-14-9-16(21-4)18(23-6)17(10-14)22-5/h7-10H,1-6H3/b8-7+. The highest BCUT2D eigenvalue weighted by molar-refractivity contribution is 5.72. The molecule has 1 aromatic carbocycles. The van der Waals surface area contributed by atoms with E-state index in [4.69, 9.17) is 14.2 Å². The minimum Gasteiger partial charge on any atom is -0.493 e. The minimum atomic E-state index is 0.578. The number of methoxy groups -OCH3 is 3. The van der Waals surface area contributed by atoms with Gasteiger partial charge in [0, 0.05) is 0 Å². The molecule has 122 valence electrons. The van der Waals surface area contributed by atoms with Gasteiger partial charge in [0.1, 0.15) is 0 Å². The SMILES string of the molecule is COc1cc(/C=C/c2nc(C)c(C)nc2C)cc(OC)c1OC. The molecule has 1 aromatic heterocycles. The summed E-state index contributed by atoms with van der Waals surface area (Å²) < 4.78 is 16.1. The summed E-state index contributed by atoms with van der Waals surface area (Å²) in [6.45, 7) is 5.87. The van der Waals surface area contributed by atoms with Crippen molar-refractivity contribution in [3.05, 3.63) is 40.5 Å². The van der Waals surface area contributed by atoms with Crippen LogP contribution in [0.15, 0.2) is 12.1 Å². The Labute approximate surface area is 136 Å². The second-order valence-electron chi connectivity index (χ2n) is 5.16. The Morgan fingerprint density at radius 2 is 1.30 bits per heavy atom. The Hall–Kier alpha value is -2.56. The molecule has 23 heavy (non-hydrogen) atoms. The maximum Gasteiger partial charge on any atom is 0.203 e. The Kier molecular flexibility index (Phi) is 5.21. The van der Waals surface area contributed by atoms with Crippen LogP contribution in [-0.2, 0) is 0 Å². The first kappa shape index (κ1) is 16.8. The molecule has 2 rings (SSSR count). The summed E-state index contributed by atoms with van der Waals surface area (Å²) in [5.41, 5.74) is 4.56. The molecule has 0 aliphatic carbocycles. The maximum absolute atomic E-state index is 5.36. The summed E-state index contributed by atoms with van der Waals surface area (Å²) in [7, 11) is 4.79. The van der Waals surface area contributed by atoms with Crippen molar-refractivity contribution in [2.75, 3.05) is 21.3 Å². The van der Waals surface area contributed by atoms with Gasteiger partial charge in [-0.3, -0.25) is 4.98 Å². The number of aromatic nitrogens is 2. The van der Waals surface area contributed by atoms with Crippen LogP contribution >= 0.6 is 0 Å². The first-order valence-electron chi connectivity index (χ1n) is 7.30. The molecule has 1 heterocycles. The van der Waals surface area contributed by atoms with Gasteiger partial charge in [-0.15, -0.1) is 0 Å². The highest BCUT2D eigenvalue weighted by Gasteiger charge is 2.12. The Bertz CT molecular complexity index is 714. The van der Waals surface area contributed by atoms with Crippen LogP contribution in [0.1, 0.15) is 28.3 Å². The molecule has 0 saturated heterocycles. The first-order valence-corrected chi connectivity index (χ1v) is 7.30. The topological polar surface area (TPSA) is 53.5 Å². The van der Waals surface area contributed by atoms with Crippen LogP contribution in [-0.4, -0.2) is 31.3 Å². The first-order chi connectivity index (χ1) is 11.0. The van der Waals surface area contributed by atoms with Gasteiger partial charge in [-0.05, 0) is 44.5 Å². The number of ether oxygens (including phenoxy) is 3. The van der Waals surface area contributed by atoms with E-state index in [9.17, 15) is 0 Å². The van der Waals surface area contributed by atoms with Gasteiger partial charge in [-0.25, -0.2) is 4.98 Å². The van der Waals surface area contributed by atoms with E-state index in [1.807, 2.05) is 45.1 Å². The number of nitrogens with zero attached hydrogens (tertiary/aromatic N) is 2. The van der Waals surface area contributed by atoms with Crippen molar-refractivity contribution in [2.24, 2.45) is 0 Å². The zero-order valence-electron chi connectivity index (χ0n) is 14.4. The molecule has 5 heteroatoms. The zero-order chi connectivity index (χ0) is 17.0. The fourth-order valence-electron chi connectivity index (χ4n) is 2.26. The monoisotopic (exact) mass is 314 g/mol. The molecular formula is C18H22N2O3. The van der Waals surface area contributed by atoms with Gasteiger partial charge in [-0.1, -0.05) is 6.08 Å². The van der Waals surface area contributed by atoms with Crippen LogP contribution < -0.4 is 14.2 Å². The van der Waals surface area contributed by atoms with Crippen LogP contribution in [0.25, 0.3) is 12.2 Å². The molecular weight excluding hydrogens is 292 g/mol. The molecule has 0 amide bonds. The number of rotatable bonds is 5. The fourth-order valence-corrected chi connectivity index (χ4v) is 2.26. The summed E-state index contributed by atoms with van der Waals surface area (Å²) >= 11 is 0. The predicted octanol–water partition coefficient (Wildman–Crippen LogP) is 3.60. The molecule has 0 aliphatic heterocycles. The smallest absolute Gasteiger partial charge is 0.203 e. The second kappa shape index (κ2) is 7.13. The average Bonchev–Trinajstić information content (AvgIpc) is 2.55. The molecule has 5 nitrogen and oxygen atoms in total. The lowest BCUT2D eigenvalue weighted by atomic mass is 10.1. The van der Waals surface area contributed by atoms with Crippen LogP contribution in [0.3, 0.4) is 0 Å². The number of aryl methyl sites for hydroxylation is 3. The van der Waals surface area contributed by atoms with Gasteiger partial charge in [0.15, 0.2) is 11.5 Å². The lowest BCUT2D eigenvalue weighted by Gasteiger charge is -2.12. The molecule has 0 N–H and O–H groups in total. The largest absolute Gasteiger partial charge is 0.493 e. The second-order valence-corrected chi connectivity index (χ2v) is 5.16. The van der Waals surface area contributed by atoms with Crippen LogP contribution in [0.2, 0.25) is 0 Å². The van der Waals surface area contributed by atoms with Crippen LogP contribution in [0, 0.1) is 20.8 Å². The molecule has 0 spiro atoms. The van der Waals surface area contributed by atoms with E-state index in [2.05, 4.69) is 9.97 Å². The van der Waals surface area contributed by atoms with E-state index < -0.39 is 0 Å². The van der Waals surface area contributed by atoms with E-state index >= 15 is 0 Å². The van der Waals surface area contributed by atoms with E-state index in [-0.39, 0.29) is 0 Å². The molecule has 0 radical (unpaired) electrons. The van der Waals surface area contributed by atoms with E-state index in [1.54, 1.807) is 21.3 Å². The molecule has 2 aromatic rings. The maximum atomic E-state index is 5.36. The van der Waals surface area contributed by atoms with Gasteiger partial charge >= 0.3 is 0 Å². The third-order valence-electron chi connectivity index (χ3n) is 3.64. The number of hydrogen-bond donors (Lipinski definition) is 0. The van der Waals surface area contributed by atoms with Gasteiger partial charge in [0.25, 0.3) is 0 Å². The molecule has 0 aliphatic rings. The molecule has 0 fully saturated rings. The van der Waals surface area contributed by atoms with E-state index in [0.29, 0.717) is 17.2 Å². The lowest BCUT2D eigenvalue weighted by molar-refractivity contribution is 0.324. The molecule has 0 saturated carbocycles. The third-order valence-corrected chi connectivity index (χ3v) is 3.64. The van der Waals surface area contributed by atoms with Crippen LogP contribution in [0.5, 0.6) is 17.2 Å². The fraction of sp³-hybridized carbons (Fsp3) is 0.333. The van der Waals surface area contributed by atoms with E-state index in [0.717, 1.165) is 28.3 Å². The van der Waals surface area contributed by atoms with Crippen molar-refractivity contribution in [3.8, 4) is 17.2 Å². The zero-order valence-corrected chi connectivity index (χ0v) is 14.4. The highest BCUT2D eigenvalue weighted by Crippen LogP contribution is 2.38. The summed E-state index contributed by atoms with van der Waals surface area (Å²) in [5, 5.41) is 0. The number of benzene rings is 1. The average molecular weight is 314 g/mol. The van der Waals surface area contributed by atoms with Gasteiger partial charge in [0.2, 0.25) is 5.75 Å². The molecule has 0 unspecified atom stereocenters. The normalized spacial score (nSPS) is 10.9. The Morgan fingerprint density at radius 3 is 1.83 bits per heavy atom.